The summed E-state index contributed by atoms with van der Waals surface area (Å²) in [5.41, 5.74) is 1.64. The van der Waals surface area contributed by atoms with Crippen molar-refractivity contribution in [3.8, 4) is 0 Å². The molecule has 1 aromatic rings. The smallest absolute Gasteiger partial charge is 0.0406 e. The highest BCUT2D eigenvalue weighted by atomic mass is 35.5. The van der Waals surface area contributed by atoms with Crippen LogP contribution in [0, 0.1) is 5.41 Å². The van der Waals surface area contributed by atoms with Crippen LogP contribution in [0.25, 0.3) is 0 Å². The van der Waals surface area contributed by atoms with Crippen molar-refractivity contribution in [3.63, 3.8) is 0 Å². The van der Waals surface area contributed by atoms with Crippen LogP contribution in [-0.4, -0.2) is 30.6 Å². The van der Waals surface area contributed by atoms with Crippen LogP contribution >= 0.6 is 11.6 Å². The number of rotatable bonds is 2. The number of hydrogen-bond acceptors (Lipinski definition) is 2. The van der Waals surface area contributed by atoms with Gasteiger partial charge >= 0.3 is 0 Å². The molecule has 1 heterocycles. The summed E-state index contributed by atoms with van der Waals surface area (Å²) in [4.78, 5) is 2.60. The van der Waals surface area contributed by atoms with E-state index in [0.717, 1.165) is 24.7 Å². The summed E-state index contributed by atoms with van der Waals surface area (Å²) in [5, 5.41) is 4.52. The Morgan fingerprint density at radius 3 is 2.50 bits per heavy atom. The van der Waals surface area contributed by atoms with Crippen LogP contribution in [0.1, 0.15) is 45.7 Å². The van der Waals surface area contributed by atoms with Crippen LogP contribution < -0.4 is 5.32 Å². The van der Waals surface area contributed by atoms with Gasteiger partial charge in [-0.2, -0.15) is 0 Å². The standard InChI is InChI=1S/C17H27ClN2/c1-13(14-6-8-15(18)9-7-14)20-11-5-10-19-16(12-20)17(2,3)4/h6-9,13,16,19H,5,10-12H2,1-4H3. The van der Waals surface area contributed by atoms with Crippen molar-refractivity contribution >= 4 is 11.6 Å². The van der Waals surface area contributed by atoms with Crippen molar-refractivity contribution < 1.29 is 0 Å². The lowest BCUT2D eigenvalue weighted by molar-refractivity contribution is 0.162. The molecule has 0 aromatic heterocycles. The van der Waals surface area contributed by atoms with Crippen LogP contribution in [0.2, 0.25) is 5.02 Å². The molecule has 0 amide bonds. The molecule has 0 spiro atoms. The summed E-state index contributed by atoms with van der Waals surface area (Å²) < 4.78 is 0. The molecule has 0 radical (unpaired) electrons. The molecule has 0 saturated carbocycles. The van der Waals surface area contributed by atoms with Gasteiger partial charge in [-0.1, -0.05) is 44.5 Å². The number of nitrogens with zero attached hydrogens (tertiary/aromatic N) is 1. The van der Waals surface area contributed by atoms with E-state index >= 15 is 0 Å². The van der Waals surface area contributed by atoms with Crippen molar-refractivity contribution in [2.45, 2.75) is 46.2 Å². The minimum Gasteiger partial charge on any atom is -0.312 e. The monoisotopic (exact) mass is 294 g/mol. The summed E-state index contributed by atoms with van der Waals surface area (Å²) in [6.45, 7) is 12.6. The van der Waals surface area contributed by atoms with E-state index in [1.165, 1.54) is 12.0 Å². The summed E-state index contributed by atoms with van der Waals surface area (Å²) in [6.07, 6.45) is 1.21. The first-order valence-electron chi connectivity index (χ1n) is 7.61. The van der Waals surface area contributed by atoms with Crippen LogP contribution in [0.4, 0.5) is 0 Å². The molecule has 1 aliphatic rings. The lowest BCUT2D eigenvalue weighted by Gasteiger charge is -2.36. The molecule has 0 bridgehead atoms. The zero-order chi connectivity index (χ0) is 14.8. The first kappa shape index (κ1) is 15.8. The van der Waals surface area contributed by atoms with Gasteiger partial charge in [-0.3, -0.25) is 4.90 Å². The number of hydrogen-bond donors (Lipinski definition) is 1. The molecule has 20 heavy (non-hydrogen) atoms. The Labute approximate surface area is 128 Å². The topological polar surface area (TPSA) is 15.3 Å². The Kier molecular flexibility index (Phi) is 5.11. The Bertz CT molecular complexity index is 422. The number of benzene rings is 1. The van der Waals surface area contributed by atoms with Crippen LogP contribution in [-0.2, 0) is 0 Å². The summed E-state index contributed by atoms with van der Waals surface area (Å²) in [5.74, 6) is 0. The lowest BCUT2D eigenvalue weighted by Crippen LogP contribution is -2.46. The Morgan fingerprint density at radius 1 is 1.25 bits per heavy atom. The van der Waals surface area contributed by atoms with E-state index in [1.54, 1.807) is 0 Å². The maximum absolute atomic E-state index is 5.99. The molecule has 2 rings (SSSR count). The predicted molar refractivity (Wildman–Crippen MR) is 87.3 cm³/mol. The van der Waals surface area contributed by atoms with Crippen LogP contribution in [0.3, 0.4) is 0 Å². The molecule has 3 heteroatoms. The molecule has 0 aliphatic carbocycles. The zero-order valence-electron chi connectivity index (χ0n) is 13.1. The molecule has 1 aromatic carbocycles. The second-order valence-corrected chi connectivity index (χ2v) is 7.39. The van der Waals surface area contributed by atoms with E-state index in [-0.39, 0.29) is 0 Å². The molecule has 112 valence electrons. The molecule has 2 nitrogen and oxygen atoms in total. The highest BCUT2D eigenvalue weighted by molar-refractivity contribution is 6.30. The molecule has 1 aliphatic heterocycles. The molecule has 1 N–H and O–H groups in total. The number of nitrogens with one attached hydrogen (secondary N) is 1. The summed E-state index contributed by atoms with van der Waals surface area (Å²) >= 11 is 5.99. The highest BCUT2D eigenvalue weighted by Crippen LogP contribution is 2.27. The van der Waals surface area contributed by atoms with Gasteiger partial charge in [0.15, 0.2) is 0 Å². The normalized spacial score (nSPS) is 23.4. The van der Waals surface area contributed by atoms with Gasteiger partial charge in [0.2, 0.25) is 0 Å². The molecular weight excluding hydrogens is 268 g/mol. The van der Waals surface area contributed by atoms with Gasteiger partial charge in [0.25, 0.3) is 0 Å². The van der Waals surface area contributed by atoms with E-state index in [0.29, 0.717) is 17.5 Å². The van der Waals surface area contributed by atoms with Gasteiger partial charge in [-0.15, -0.1) is 0 Å². The maximum Gasteiger partial charge on any atom is 0.0406 e. The maximum atomic E-state index is 5.99. The van der Waals surface area contributed by atoms with Crippen LogP contribution in [0.15, 0.2) is 24.3 Å². The lowest BCUT2D eigenvalue weighted by atomic mass is 9.86. The third-order valence-electron chi connectivity index (χ3n) is 4.38. The minimum absolute atomic E-state index is 0.294. The van der Waals surface area contributed by atoms with Gasteiger partial charge in [-0.05, 0) is 43.0 Å². The van der Waals surface area contributed by atoms with E-state index in [9.17, 15) is 0 Å². The Balaban J connectivity index is 2.11. The first-order chi connectivity index (χ1) is 9.38. The van der Waals surface area contributed by atoms with Gasteiger partial charge in [0.05, 0.1) is 0 Å². The summed E-state index contributed by atoms with van der Waals surface area (Å²) in [7, 11) is 0. The summed E-state index contributed by atoms with van der Waals surface area (Å²) in [6, 6.07) is 9.27. The largest absolute Gasteiger partial charge is 0.312 e. The van der Waals surface area contributed by atoms with Gasteiger partial charge in [0, 0.05) is 30.2 Å². The van der Waals surface area contributed by atoms with Gasteiger partial charge in [-0.25, -0.2) is 0 Å². The van der Waals surface area contributed by atoms with E-state index in [4.69, 9.17) is 11.6 Å². The molecule has 2 atom stereocenters. The van der Waals surface area contributed by atoms with Crippen molar-refractivity contribution in [2.75, 3.05) is 19.6 Å². The van der Waals surface area contributed by atoms with Crippen molar-refractivity contribution in [1.82, 2.24) is 10.2 Å². The van der Waals surface area contributed by atoms with E-state index in [1.807, 2.05) is 12.1 Å². The van der Waals surface area contributed by atoms with E-state index in [2.05, 4.69) is 50.0 Å². The van der Waals surface area contributed by atoms with Gasteiger partial charge in [0.1, 0.15) is 0 Å². The Morgan fingerprint density at radius 2 is 1.90 bits per heavy atom. The fourth-order valence-corrected chi connectivity index (χ4v) is 2.96. The minimum atomic E-state index is 0.294. The SMILES string of the molecule is CC(c1ccc(Cl)cc1)N1CCCNC(C(C)(C)C)C1. The second-order valence-electron chi connectivity index (χ2n) is 6.95. The van der Waals surface area contributed by atoms with Crippen molar-refractivity contribution in [2.24, 2.45) is 5.41 Å². The van der Waals surface area contributed by atoms with Crippen molar-refractivity contribution in [3.05, 3.63) is 34.9 Å². The van der Waals surface area contributed by atoms with Gasteiger partial charge < -0.3 is 5.32 Å². The Hall–Kier alpha value is -0.570. The third kappa shape index (κ3) is 3.97. The average Bonchev–Trinajstić information content (AvgIpc) is 2.64. The zero-order valence-corrected chi connectivity index (χ0v) is 13.9. The molecule has 1 fully saturated rings. The molecule has 1 saturated heterocycles. The van der Waals surface area contributed by atoms with Crippen LogP contribution in [0.5, 0.6) is 0 Å². The first-order valence-corrected chi connectivity index (χ1v) is 7.98. The predicted octanol–water partition coefficient (Wildman–Crippen LogP) is 4.11. The van der Waals surface area contributed by atoms with E-state index < -0.39 is 0 Å². The second kappa shape index (κ2) is 6.46. The molecular formula is C17H27ClN2. The number of halogens is 1. The molecule has 2 unspecified atom stereocenters. The quantitative estimate of drug-likeness (QED) is 0.883. The fourth-order valence-electron chi connectivity index (χ4n) is 2.83. The average molecular weight is 295 g/mol. The fraction of sp³-hybridized carbons (Fsp3) is 0.647. The van der Waals surface area contributed by atoms with Crippen molar-refractivity contribution in [1.29, 1.82) is 0 Å². The third-order valence-corrected chi connectivity index (χ3v) is 4.63. The highest BCUT2D eigenvalue weighted by Gasteiger charge is 2.29.